The summed E-state index contributed by atoms with van der Waals surface area (Å²) in [5.41, 5.74) is 2.40. The number of aliphatic hydroxyl groups excluding tert-OH is 1. The Bertz CT molecular complexity index is 60.0. The molecule has 1 aliphatic heterocycles. The van der Waals surface area contributed by atoms with Gasteiger partial charge in [-0.05, 0) is 0 Å². The highest BCUT2D eigenvalue weighted by molar-refractivity contribution is 4.50. The molecular formula is C2H7N3O2. The smallest absolute Gasteiger partial charge is 0.201 e. The van der Waals surface area contributed by atoms with Gasteiger partial charge in [0.15, 0.2) is 0 Å². The fraction of sp³-hybridized carbons (Fsp3) is 1.00. The van der Waals surface area contributed by atoms with Gasteiger partial charge >= 0.3 is 0 Å². The molecule has 1 rings (SSSR count). The molecule has 5 heteroatoms. The number of hydrogen-bond acceptors (Lipinski definition) is 5. The second-order valence-electron chi connectivity index (χ2n) is 1.26. The minimum absolute atomic E-state index is 0.400. The molecule has 1 fully saturated rings. The summed E-state index contributed by atoms with van der Waals surface area (Å²) in [5, 5.41) is 20.0. The quantitative estimate of drug-likeness (QED) is 0.287. The summed E-state index contributed by atoms with van der Waals surface area (Å²) in [7, 11) is 0. The van der Waals surface area contributed by atoms with Gasteiger partial charge in [0, 0.05) is 0 Å². The van der Waals surface area contributed by atoms with E-state index >= 15 is 0 Å². The van der Waals surface area contributed by atoms with Crippen molar-refractivity contribution in [3.05, 3.63) is 0 Å². The van der Waals surface area contributed by atoms with Crippen LogP contribution >= 0.6 is 0 Å². The van der Waals surface area contributed by atoms with Crippen LogP contribution in [0.15, 0.2) is 0 Å². The summed E-state index contributed by atoms with van der Waals surface area (Å²) in [6, 6.07) is 0. The first-order valence-electron chi connectivity index (χ1n) is 1.94. The Morgan fingerprint density at radius 2 is 2.43 bits per heavy atom. The molecule has 7 heavy (non-hydrogen) atoms. The first-order chi connectivity index (χ1) is 3.30. The van der Waals surface area contributed by atoms with E-state index in [-0.39, 0.29) is 0 Å². The second-order valence-corrected chi connectivity index (χ2v) is 1.26. The SMILES string of the molecule is OC1NCNN1O. The summed E-state index contributed by atoms with van der Waals surface area (Å²) >= 11 is 0. The Morgan fingerprint density at radius 3 is 2.57 bits per heavy atom. The number of aliphatic hydroxyl groups is 1. The third kappa shape index (κ3) is 0.872. The highest BCUT2D eigenvalue weighted by Crippen LogP contribution is 1.85. The summed E-state index contributed by atoms with van der Waals surface area (Å²) in [5.74, 6) is 0. The maximum Gasteiger partial charge on any atom is 0.201 e. The lowest BCUT2D eigenvalue weighted by Crippen LogP contribution is -2.35. The Balaban J connectivity index is 2.33. The Kier molecular flexibility index (Phi) is 1.22. The van der Waals surface area contributed by atoms with Crippen molar-refractivity contribution in [2.45, 2.75) is 6.35 Å². The molecule has 1 saturated heterocycles. The molecular weight excluding hydrogens is 98.0 g/mol. The molecule has 42 valence electrons. The van der Waals surface area contributed by atoms with E-state index < -0.39 is 6.35 Å². The summed E-state index contributed by atoms with van der Waals surface area (Å²) in [4.78, 5) is 0. The molecule has 1 aliphatic rings. The number of nitrogens with one attached hydrogen (secondary N) is 2. The average molecular weight is 105 g/mol. The predicted molar refractivity (Wildman–Crippen MR) is 20.8 cm³/mol. The number of rotatable bonds is 0. The largest absolute Gasteiger partial charge is 0.363 e. The van der Waals surface area contributed by atoms with E-state index in [1.165, 1.54) is 0 Å². The van der Waals surface area contributed by atoms with Crippen LogP contribution in [-0.4, -0.2) is 28.5 Å². The molecule has 5 nitrogen and oxygen atoms in total. The Morgan fingerprint density at radius 1 is 1.71 bits per heavy atom. The molecule has 0 saturated carbocycles. The van der Waals surface area contributed by atoms with Gasteiger partial charge in [-0.25, -0.2) is 5.43 Å². The summed E-state index contributed by atoms with van der Waals surface area (Å²) in [6.07, 6.45) is -0.958. The van der Waals surface area contributed by atoms with Crippen molar-refractivity contribution >= 4 is 0 Å². The second kappa shape index (κ2) is 1.73. The van der Waals surface area contributed by atoms with Crippen LogP contribution in [0.1, 0.15) is 0 Å². The maximum atomic E-state index is 8.50. The normalized spacial score (nSPS) is 34.3. The molecule has 1 heterocycles. The zero-order valence-electron chi connectivity index (χ0n) is 3.63. The van der Waals surface area contributed by atoms with E-state index in [9.17, 15) is 0 Å². The molecule has 0 aromatic rings. The lowest BCUT2D eigenvalue weighted by molar-refractivity contribution is -0.207. The molecule has 1 unspecified atom stereocenters. The fourth-order valence-corrected chi connectivity index (χ4v) is 0.391. The zero-order valence-corrected chi connectivity index (χ0v) is 3.63. The first kappa shape index (κ1) is 4.95. The molecule has 0 aromatic carbocycles. The molecule has 1 atom stereocenters. The van der Waals surface area contributed by atoms with Gasteiger partial charge < -0.3 is 5.11 Å². The van der Waals surface area contributed by atoms with Crippen LogP contribution in [0.2, 0.25) is 0 Å². The Hall–Kier alpha value is -0.200. The fourth-order valence-electron chi connectivity index (χ4n) is 0.391. The van der Waals surface area contributed by atoms with Gasteiger partial charge in [0.25, 0.3) is 0 Å². The topological polar surface area (TPSA) is 67.8 Å². The van der Waals surface area contributed by atoms with Crippen molar-refractivity contribution < 1.29 is 10.3 Å². The third-order valence-electron chi connectivity index (χ3n) is 0.757. The van der Waals surface area contributed by atoms with Gasteiger partial charge in [0.2, 0.25) is 6.35 Å². The number of hydrogen-bond donors (Lipinski definition) is 4. The molecule has 0 amide bonds. The van der Waals surface area contributed by atoms with E-state index in [4.69, 9.17) is 10.3 Å². The van der Waals surface area contributed by atoms with Crippen LogP contribution < -0.4 is 10.7 Å². The van der Waals surface area contributed by atoms with E-state index in [0.717, 1.165) is 0 Å². The molecule has 0 bridgehead atoms. The van der Waals surface area contributed by atoms with Crippen molar-refractivity contribution in [2.75, 3.05) is 6.67 Å². The standard InChI is InChI=1S/C2H7N3O2/c6-2-3-1-4-5(2)7/h2-4,6-7H,1H2. The highest BCUT2D eigenvalue weighted by Gasteiger charge is 2.16. The van der Waals surface area contributed by atoms with Crippen molar-refractivity contribution in [1.82, 2.24) is 15.9 Å². The van der Waals surface area contributed by atoms with Gasteiger partial charge in [-0.2, -0.15) is 0 Å². The maximum absolute atomic E-state index is 8.50. The van der Waals surface area contributed by atoms with Crippen LogP contribution in [0.4, 0.5) is 0 Å². The number of hydrazine groups is 1. The van der Waals surface area contributed by atoms with Crippen LogP contribution in [0, 0.1) is 0 Å². The van der Waals surface area contributed by atoms with E-state index in [1.54, 1.807) is 0 Å². The molecule has 4 N–H and O–H groups in total. The van der Waals surface area contributed by atoms with Crippen molar-refractivity contribution in [3.8, 4) is 0 Å². The van der Waals surface area contributed by atoms with Gasteiger partial charge in [0.1, 0.15) is 0 Å². The van der Waals surface area contributed by atoms with Gasteiger partial charge in [-0.3, -0.25) is 10.5 Å². The zero-order chi connectivity index (χ0) is 5.28. The lowest BCUT2D eigenvalue weighted by atomic mass is 11.0. The molecule has 0 aliphatic carbocycles. The van der Waals surface area contributed by atoms with Gasteiger partial charge in [-0.1, -0.05) is 5.17 Å². The molecule has 0 radical (unpaired) electrons. The number of hydroxylamine groups is 1. The summed E-state index contributed by atoms with van der Waals surface area (Å²) in [6.45, 7) is 0.400. The van der Waals surface area contributed by atoms with Gasteiger partial charge in [0.05, 0.1) is 6.67 Å². The number of nitrogens with zero attached hydrogens (tertiary/aromatic N) is 1. The minimum Gasteiger partial charge on any atom is -0.363 e. The molecule has 0 aromatic heterocycles. The van der Waals surface area contributed by atoms with Crippen LogP contribution in [0.25, 0.3) is 0 Å². The average Bonchev–Trinajstić information content (AvgIpc) is 1.91. The van der Waals surface area contributed by atoms with Crippen molar-refractivity contribution in [2.24, 2.45) is 0 Å². The van der Waals surface area contributed by atoms with Crippen LogP contribution in [0.3, 0.4) is 0 Å². The van der Waals surface area contributed by atoms with Crippen molar-refractivity contribution in [3.63, 3.8) is 0 Å². The third-order valence-corrected chi connectivity index (χ3v) is 0.757. The Labute approximate surface area is 40.5 Å². The summed E-state index contributed by atoms with van der Waals surface area (Å²) < 4.78 is 0. The van der Waals surface area contributed by atoms with E-state index in [2.05, 4.69) is 10.7 Å². The van der Waals surface area contributed by atoms with E-state index in [0.29, 0.717) is 11.8 Å². The lowest BCUT2D eigenvalue weighted by Gasteiger charge is -2.07. The highest BCUT2D eigenvalue weighted by atomic mass is 16.6. The van der Waals surface area contributed by atoms with Crippen LogP contribution in [0.5, 0.6) is 0 Å². The van der Waals surface area contributed by atoms with Crippen molar-refractivity contribution in [1.29, 1.82) is 0 Å². The van der Waals surface area contributed by atoms with Gasteiger partial charge in [-0.15, -0.1) is 0 Å². The molecule has 0 spiro atoms. The first-order valence-corrected chi connectivity index (χ1v) is 1.94. The monoisotopic (exact) mass is 105 g/mol. The van der Waals surface area contributed by atoms with E-state index in [1.807, 2.05) is 0 Å². The minimum atomic E-state index is -0.958. The van der Waals surface area contributed by atoms with Crippen LogP contribution in [-0.2, 0) is 0 Å². The predicted octanol–water partition coefficient (Wildman–Crippen LogP) is -1.98.